The van der Waals surface area contributed by atoms with Crippen LogP contribution in [0.15, 0.2) is 22.8 Å². The Kier molecular flexibility index (Phi) is 4.07. The highest BCUT2D eigenvalue weighted by molar-refractivity contribution is 5.83. The lowest BCUT2D eigenvalue weighted by atomic mass is 10.0. The van der Waals surface area contributed by atoms with Gasteiger partial charge in [0.1, 0.15) is 5.76 Å². The van der Waals surface area contributed by atoms with E-state index in [0.717, 1.165) is 25.1 Å². The summed E-state index contributed by atoms with van der Waals surface area (Å²) in [5.41, 5.74) is 0. The molecule has 2 unspecified atom stereocenters. The van der Waals surface area contributed by atoms with Gasteiger partial charge in [0, 0.05) is 12.6 Å². The lowest BCUT2D eigenvalue weighted by Crippen LogP contribution is -2.52. The number of carbonyl (C=O) groups is 1. The monoisotopic (exact) mass is 250 g/mol. The van der Waals surface area contributed by atoms with Gasteiger partial charge in [-0.25, -0.2) is 0 Å². The van der Waals surface area contributed by atoms with E-state index in [9.17, 15) is 4.79 Å². The second-order valence-corrected chi connectivity index (χ2v) is 5.24. The van der Waals surface area contributed by atoms with Crippen LogP contribution < -0.4 is 5.32 Å². The Bertz CT molecular complexity index is 387. The van der Waals surface area contributed by atoms with Crippen LogP contribution in [0.5, 0.6) is 0 Å². The molecule has 1 amide bonds. The van der Waals surface area contributed by atoms with Crippen molar-refractivity contribution in [2.75, 3.05) is 6.54 Å². The molecule has 2 atom stereocenters. The fraction of sp³-hybridized carbons (Fsp3) is 0.643. The molecule has 1 N–H and O–H groups in total. The van der Waals surface area contributed by atoms with E-state index in [2.05, 4.69) is 19.2 Å². The van der Waals surface area contributed by atoms with Crippen molar-refractivity contribution in [3.63, 3.8) is 0 Å². The van der Waals surface area contributed by atoms with Crippen LogP contribution in [0.25, 0.3) is 0 Å². The van der Waals surface area contributed by atoms with Gasteiger partial charge in [-0.1, -0.05) is 13.8 Å². The molecule has 2 rings (SSSR count). The van der Waals surface area contributed by atoms with Crippen LogP contribution in [0.4, 0.5) is 0 Å². The summed E-state index contributed by atoms with van der Waals surface area (Å²) in [7, 11) is 0. The van der Waals surface area contributed by atoms with Crippen LogP contribution in [0.1, 0.15) is 45.4 Å². The highest BCUT2D eigenvalue weighted by Crippen LogP contribution is 2.25. The van der Waals surface area contributed by atoms with Gasteiger partial charge in [-0.2, -0.15) is 0 Å². The average Bonchev–Trinajstić information content (AvgIpc) is 2.84. The number of piperidine rings is 1. The maximum absolute atomic E-state index is 12.4. The van der Waals surface area contributed by atoms with Crippen molar-refractivity contribution in [1.29, 1.82) is 0 Å². The third-order valence-corrected chi connectivity index (χ3v) is 3.43. The maximum Gasteiger partial charge on any atom is 0.240 e. The molecule has 1 aliphatic rings. The third kappa shape index (κ3) is 2.75. The fourth-order valence-electron chi connectivity index (χ4n) is 2.52. The second-order valence-electron chi connectivity index (χ2n) is 5.24. The Morgan fingerprint density at radius 3 is 2.83 bits per heavy atom. The molecule has 0 aromatic carbocycles. The number of hydrogen-bond donors (Lipinski definition) is 1. The lowest BCUT2D eigenvalue weighted by Gasteiger charge is -2.36. The van der Waals surface area contributed by atoms with Crippen molar-refractivity contribution in [2.24, 2.45) is 0 Å². The number of rotatable bonds is 4. The Labute approximate surface area is 108 Å². The van der Waals surface area contributed by atoms with Gasteiger partial charge in [-0.3, -0.25) is 4.79 Å². The number of furan rings is 1. The van der Waals surface area contributed by atoms with Crippen molar-refractivity contribution in [1.82, 2.24) is 10.2 Å². The molecule has 1 saturated heterocycles. The maximum atomic E-state index is 12.4. The van der Waals surface area contributed by atoms with E-state index in [1.165, 1.54) is 0 Å². The molecule has 0 bridgehead atoms. The number of carbonyl (C=O) groups excluding carboxylic acids is 1. The summed E-state index contributed by atoms with van der Waals surface area (Å²) in [6.45, 7) is 6.98. The summed E-state index contributed by atoms with van der Waals surface area (Å²) in [6, 6.07) is 4.10. The summed E-state index contributed by atoms with van der Waals surface area (Å²) in [5, 5.41) is 3.34. The number of amides is 1. The molecule has 1 aromatic rings. The van der Waals surface area contributed by atoms with Crippen molar-refractivity contribution in [2.45, 2.75) is 51.7 Å². The zero-order chi connectivity index (χ0) is 13.1. The van der Waals surface area contributed by atoms with Gasteiger partial charge in [-0.05, 0) is 31.9 Å². The molecule has 18 heavy (non-hydrogen) atoms. The number of hydrogen-bond acceptors (Lipinski definition) is 3. The van der Waals surface area contributed by atoms with E-state index in [4.69, 9.17) is 4.42 Å². The normalized spacial score (nSPS) is 22.6. The van der Waals surface area contributed by atoms with Gasteiger partial charge in [0.2, 0.25) is 5.91 Å². The number of likely N-dealkylation sites (tertiary alicyclic amines) is 1. The van der Waals surface area contributed by atoms with E-state index in [-0.39, 0.29) is 18.0 Å². The lowest BCUT2D eigenvalue weighted by molar-refractivity contribution is -0.139. The van der Waals surface area contributed by atoms with E-state index < -0.39 is 0 Å². The van der Waals surface area contributed by atoms with Crippen LogP contribution >= 0.6 is 0 Å². The Morgan fingerprint density at radius 1 is 1.44 bits per heavy atom. The summed E-state index contributed by atoms with van der Waals surface area (Å²) in [6.07, 6.45) is 3.63. The van der Waals surface area contributed by atoms with Crippen LogP contribution in [-0.2, 0) is 4.79 Å². The van der Waals surface area contributed by atoms with E-state index in [0.29, 0.717) is 6.04 Å². The molecule has 4 heteroatoms. The molecular formula is C14H22N2O2. The first-order valence-electron chi connectivity index (χ1n) is 6.69. The van der Waals surface area contributed by atoms with Crippen molar-refractivity contribution in [3.05, 3.63) is 24.2 Å². The number of nitrogens with one attached hydrogen (secondary N) is 1. The predicted molar refractivity (Wildman–Crippen MR) is 70.1 cm³/mol. The van der Waals surface area contributed by atoms with Crippen molar-refractivity contribution >= 4 is 5.91 Å². The van der Waals surface area contributed by atoms with Gasteiger partial charge in [0.25, 0.3) is 0 Å². The third-order valence-electron chi connectivity index (χ3n) is 3.43. The van der Waals surface area contributed by atoms with Crippen LogP contribution in [0.2, 0.25) is 0 Å². The Hall–Kier alpha value is -1.29. The SMILES string of the molecule is CC(C)NC1CCCN(C(C)c2ccco2)C1=O. The van der Waals surface area contributed by atoms with Gasteiger partial charge in [-0.15, -0.1) is 0 Å². The van der Waals surface area contributed by atoms with Crippen LogP contribution in [0, 0.1) is 0 Å². The minimum absolute atomic E-state index is 0.0178. The zero-order valence-electron chi connectivity index (χ0n) is 11.3. The summed E-state index contributed by atoms with van der Waals surface area (Å²) in [5.74, 6) is 1.05. The molecule has 0 radical (unpaired) electrons. The van der Waals surface area contributed by atoms with Gasteiger partial charge in [0.05, 0.1) is 18.3 Å². The standard InChI is InChI=1S/C14H22N2O2/c1-10(2)15-12-6-4-8-16(14(12)17)11(3)13-7-5-9-18-13/h5,7,9-12,15H,4,6,8H2,1-3H3. The molecule has 4 nitrogen and oxygen atoms in total. The average molecular weight is 250 g/mol. The molecule has 0 saturated carbocycles. The molecule has 1 aromatic heterocycles. The van der Waals surface area contributed by atoms with Gasteiger partial charge in [0.15, 0.2) is 0 Å². The molecule has 0 spiro atoms. The van der Waals surface area contributed by atoms with Crippen LogP contribution in [-0.4, -0.2) is 29.4 Å². The Balaban J connectivity index is 2.06. The van der Waals surface area contributed by atoms with E-state index in [1.54, 1.807) is 6.26 Å². The van der Waals surface area contributed by atoms with Gasteiger partial charge < -0.3 is 14.6 Å². The quantitative estimate of drug-likeness (QED) is 0.892. The molecule has 1 fully saturated rings. The fourth-order valence-corrected chi connectivity index (χ4v) is 2.52. The molecule has 100 valence electrons. The van der Waals surface area contributed by atoms with Gasteiger partial charge >= 0.3 is 0 Å². The molecular weight excluding hydrogens is 228 g/mol. The number of nitrogens with zero attached hydrogens (tertiary/aromatic N) is 1. The minimum Gasteiger partial charge on any atom is -0.467 e. The van der Waals surface area contributed by atoms with Crippen molar-refractivity contribution < 1.29 is 9.21 Å². The van der Waals surface area contributed by atoms with E-state index >= 15 is 0 Å². The highest BCUT2D eigenvalue weighted by Gasteiger charge is 2.32. The van der Waals surface area contributed by atoms with Crippen molar-refractivity contribution in [3.8, 4) is 0 Å². The molecule has 2 heterocycles. The predicted octanol–water partition coefficient (Wildman–Crippen LogP) is 2.33. The van der Waals surface area contributed by atoms with E-state index in [1.807, 2.05) is 24.0 Å². The Morgan fingerprint density at radius 2 is 2.22 bits per heavy atom. The minimum atomic E-state index is -0.0452. The first-order valence-corrected chi connectivity index (χ1v) is 6.69. The summed E-state index contributed by atoms with van der Waals surface area (Å²) in [4.78, 5) is 14.3. The largest absolute Gasteiger partial charge is 0.467 e. The highest BCUT2D eigenvalue weighted by atomic mass is 16.3. The smallest absolute Gasteiger partial charge is 0.240 e. The molecule has 0 aliphatic carbocycles. The first kappa shape index (κ1) is 13.1. The summed E-state index contributed by atoms with van der Waals surface area (Å²) < 4.78 is 5.40. The molecule has 1 aliphatic heterocycles. The first-order chi connectivity index (χ1) is 8.59. The topological polar surface area (TPSA) is 45.5 Å². The zero-order valence-corrected chi connectivity index (χ0v) is 11.3. The second kappa shape index (κ2) is 5.57. The van der Waals surface area contributed by atoms with Crippen LogP contribution in [0.3, 0.4) is 0 Å². The summed E-state index contributed by atoms with van der Waals surface area (Å²) >= 11 is 0.